The highest BCUT2D eigenvalue weighted by molar-refractivity contribution is 6.18. The number of benzene rings is 1. The summed E-state index contributed by atoms with van der Waals surface area (Å²) in [4.78, 5) is 24.5. The number of imidazole rings is 1. The Morgan fingerprint density at radius 1 is 1.24 bits per heavy atom. The van der Waals surface area contributed by atoms with Gasteiger partial charge in [-0.3, -0.25) is 9.78 Å². The molecule has 1 saturated heterocycles. The summed E-state index contributed by atoms with van der Waals surface area (Å²) in [5.41, 5.74) is 2.32. The van der Waals surface area contributed by atoms with Gasteiger partial charge >= 0.3 is 6.18 Å². The quantitative estimate of drug-likeness (QED) is 0.325. The first kappa shape index (κ1) is 31.4. The van der Waals surface area contributed by atoms with Gasteiger partial charge in [-0.05, 0) is 38.1 Å². The van der Waals surface area contributed by atoms with Gasteiger partial charge in [-0.15, -0.1) is 0 Å². The average molecular weight is 598 g/mol. The van der Waals surface area contributed by atoms with Gasteiger partial charge in [-0.25, -0.2) is 4.98 Å². The van der Waals surface area contributed by atoms with Crippen LogP contribution in [-0.2, 0) is 12.0 Å². The Morgan fingerprint density at radius 3 is 2.62 bits per heavy atom. The maximum atomic E-state index is 13.6. The van der Waals surface area contributed by atoms with Crippen LogP contribution in [0.15, 0.2) is 30.7 Å². The molecule has 12 heteroatoms. The fourth-order valence-electron chi connectivity index (χ4n) is 4.95. The molecule has 4 rings (SSSR count). The average Bonchev–Trinajstić information content (AvgIpc) is 3.29. The highest BCUT2D eigenvalue weighted by Gasteiger charge is 2.37. The lowest BCUT2D eigenvalue weighted by Crippen LogP contribution is -2.60. The third-order valence-corrected chi connectivity index (χ3v) is 8.29. The highest BCUT2D eigenvalue weighted by atomic mass is 28.1. The molecule has 42 heavy (non-hydrogen) atoms. The Bertz CT molecular complexity index is 1520. The van der Waals surface area contributed by atoms with Crippen molar-refractivity contribution >= 4 is 32.9 Å². The highest BCUT2D eigenvalue weighted by Crippen LogP contribution is 2.30. The third-order valence-electron chi connectivity index (χ3n) is 7.43. The van der Waals surface area contributed by atoms with Crippen LogP contribution in [0.25, 0.3) is 11.0 Å². The minimum Gasteiger partial charge on any atom is -0.494 e. The topological polar surface area (TPSA) is 84.3 Å². The van der Waals surface area contributed by atoms with Crippen LogP contribution >= 0.6 is 0 Å². The van der Waals surface area contributed by atoms with Gasteiger partial charge in [-0.1, -0.05) is 39.5 Å². The Labute approximate surface area is 247 Å². The van der Waals surface area contributed by atoms with Crippen LogP contribution in [0.4, 0.5) is 18.9 Å². The minimum absolute atomic E-state index is 0.0909. The number of alkyl halides is 3. The molecule has 8 nitrogen and oxygen atoms in total. The number of hydrogen-bond acceptors (Lipinski definition) is 6. The van der Waals surface area contributed by atoms with E-state index < -0.39 is 23.8 Å². The molecule has 0 unspecified atom stereocenters. The van der Waals surface area contributed by atoms with Crippen molar-refractivity contribution in [2.24, 2.45) is 5.92 Å². The van der Waals surface area contributed by atoms with Crippen molar-refractivity contribution in [2.75, 3.05) is 39.1 Å². The standard InChI is InChI=1S/C30H36F3N6O2Si/c1-19-16-38(5)11-9-29(19,42)37-27(40)21-12-20(13-23-26(21)36-18-39(23)17-30(31,32)33)8-7-10-34-22-15-35-25(28(2,3)4)14-24(22)41-6/h12-15,18-19,34H,9-11,16-17H2,1-6H3,(H,37,40)/t19-,29-/m0/s1. The Balaban J connectivity index is 1.63. The number of rotatable bonds is 6. The van der Waals surface area contributed by atoms with E-state index in [1.807, 2.05) is 20.0 Å². The van der Waals surface area contributed by atoms with Crippen LogP contribution in [0.5, 0.6) is 5.75 Å². The molecular weight excluding hydrogens is 561 g/mol. The molecule has 0 saturated carbocycles. The molecular formula is C30H36F3N6O2Si. The van der Waals surface area contributed by atoms with Crippen molar-refractivity contribution in [1.29, 1.82) is 0 Å². The van der Waals surface area contributed by atoms with Crippen LogP contribution in [0.2, 0.25) is 0 Å². The minimum atomic E-state index is -4.46. The molecule has 3 aromatic rings. The van der Waals surface area contributed by atoms with Gasteiger partial charge in [0.05, 0.1) is 53.2 Å². The number of aromatic nitrogens is 3. The maximum absolute atomic E-state index is 13.6. The lowest BCUT2D eigenvalue weighted by molar-refractivity contribution is -0.139. The molecule has 0 aliphatic carbocycles. The molecule has 1 amide bonds. The zero-order valence-corrected chi connectivity index (χ0v) is 25.7. The number of ether oxygens (including phenoxy) is 1. The number of amides is 1. The fourth-order valence-corrected chi connectivity index (χ4v) is 5.26. The van der Waals surface area contributed by atoms with Crippen molar-refractivity contribution in [3.8, 4) is 17.6 Å². The van der Waals surface area contributed by atoms with Gasteiger partial charge < -0.3 is 24.8 Å². The number of carbonyl (C=O) groups excluding carboxylic acids is 1. The molecule has 1 aliphatic rings. The van der Waals surface area contributed by atoms with Gasteiger partial charge in [-0.2, -0.15) is 13.2 Å². The van der Waals surface area contributed by atoms with E-state index in [9.17, 15) is 18.0 Å². The predicted molar refractivity (Wildman–Crippen MR) is 158 cm³/mol. The van der Waals surface area contributed by atoms with E-state index in [-0.39, 0.29) is 34.5 Å². The zero-order chi connectivity index (χ0) is 30.9. The summed E-state index contributed by atoms with van der Waals surface area (Å²) in [6.45, 7) is 8.75. The molecule has 1 aromatic carbocycles. The number of methoxy groups -OCH3 is 1. The van der Waals surface area contributed by atoms with Gasteiger partial charge in [0.25, 0.3) is 5.91 Å². The van der Waals surface area contributed by atoms with Crippen LogP contribution in [0.3, 0.4) is 0 Å². The van der Waals surface area contributed by atoms with E-state index in [0.29, 0.717) is 23.4 Å². The molecule has 223 valence electrons. The molecule has 0 spiro atoms. The van der Waals surface area contributed by atoms with E-state index in [0.717, 1.165) is 29.7 Å². The van der Waals surface area contributed by atoms with Gasteiger partial charge in [0.1, 0.15) is 17.8 Å². The van der Waals surface area contributed by atoms with Crippen molar-refractivity contribution in [2.45, 2.75) is 57.4 Å². The zero-order valence-electron chi connectivity index (χ0n) is 24.7. The summed E-state index contributed by atoms with van der Waals surface area (Å²) < 4.78 is 46.4. The van der Waals surface area contributed by atoms with E-state index >= 15 is 0 Å². The first-order valence-electron chi connectivity index (χ1n) is 13.7. The normalized spacial score (nSPS) is 19.7. The predicted octanol–water partition coefficient (Wildman–Crippen LogP) is 4.33. The number of hydrogen-bond donors (Lipinski definition) is 2. The Hall–Kier alpha value is -3.56. The van der Waals surface area contributed by atoms with E-state index in [4.69, 9.17) is 4.74 Å². The molecule has 0 bridgehead atoms. The molecule has 3 heterocycles. The number of nitrogens with zero attached hydrogens (tertiary/aromatic N) is 4. The van der Waals surface area contributed by atoms with E-state index in [1.54, 1.807) is 19.4 Å². The van der Waals surface area contributed by atoms with Crippen LogP contribution in [-0.4, -0.2) is 80.7 Å². The van der Waals surface area contributed by atoms with E-state index in [2.05, 4.69) is 68.4 Å². The number of nitrogens with one attached hydrogen (secondary N) is 2. The van der Waals surface area contributed by atoms with Gasteiger partial charge in [0, 0.05) is 34.4 Å². The summed E-state index contributed by atoms with van der Waals surface area (Å²) in [5, 5.41) is 5.58. The van der Waals surface area contributed by atoms with Crippen LogP contribution in [0, 0.1) is 17.8 Å². The summed E-state index contributed by atoms with van der Waals surface area (Å²) in [5.74, 6) is 6.27. The number of fused-ring (bicyclic) bond motifs is 1. The molecule has 3 radical (unpaired) electrons. The molecule has 2 atom stereocenters. The lowest BCUT2D eigenvalue weighted by atomic mass is 9.91. The first-order valence-corrected chi connectivity index (χ1v) is 14.2. The molecule has 1 aliphatic heterocycles. The van der Waals surface area contributed by atoms with E-state index in [1.165, 1.54) is 6.07 Å². The second kappa shape index (κ2) is 12.0. The summed E-state index contributed by atoms with van der Waals surface area (Å²) in [7, 11) is 7.39. The Morgan fingerprint density at radius 2 is 1.98 bits per heavy atom. The van der Waals surface area contributed by atoms with Crippen molar-refractivity contribution in [3.05, 3.63) is 47.5 Å². The molecule has 2 N–H and O–H groups in total. The number of halogens is 3. The lowest BCUT2D eigenvalue weighted by Gasteiger charge is -2.44. The van der Waals surface area contributed by atoms with Crippen molar-refractivity contribution in [1.82, 2.24) is 24.8 Å². The van der Waals surface area contributed by atoms with Gasteiger partial charge in [0.2, 0.25) is 0 Å². The van der Waals surface area contributed by atoms with Crippen molar-refractivity contribution < 1.29 is 22.7 Å². The van der Waals surface area contributed by atoms with Crippen LogP contribution in [0.1, 0.15) is 55.7 Å². The SMILES string of the molecule is COc1cc(C(C)(C)C)ncc1NCC#Cc1cc(C(=O)N[C@]2([Si])CCN(C)C[C@@H]2C)c2ncn(CC(F)(F)F)c2c1. The number of carbonyl (C=O) groups is 1. The largest absolute Gasteiger partial charge is 0.494 e. The monoisotopic (exact) mass is 597 g/mol. The van der Waals surface area contributed by atoms with Gasteiger partial charge in [0.15, 0.2) is 0 Å². The Kier molecular flexibility index (Phi) is 8.94. The smallest absolute Gasteiger partial charge is 0.406 e. The number of likely N-dealkylation sites (tertiary alicyclic amines) is 1. The number of anilines is 1. The maximum Gasteiger partial charge on any atom is 0.406 e. The third kappa shape index (κ3) is 7.25. The second-order valence-corrected chi connectivity index (χ2v) is 12.8. The molecule has 2 aromatic heterocycles. The van der Waals surface area contributed by atoms with Crippen LogP contribution < -0.4 is 15.4 Å². The van der Waals surface area contributed by atoms with Crippen molar-refractivity contribution in [3.63, 3.8) is 0 Å². The number of piperidine rings is 1. The first-order chi connectivity index (χ1) is 19.6. The second-order valence-electron chi connectivity index (χ2n) is 11.9. The number of pyridine rings is 1. The molecule has 1 fully saturated rings. The summed E-state index contributed by atoms with van der Waals surface area (Å²) in [6.07, 6.45) is -0.999. The summed E-state index contributed by atoms with van der Waals surface area (Å²) in [6, 6.07) is 4.98. The summed E-state index contributed by atoms with van der Waals surface area (Å²) >= 11 is 0. The fraction of sp³-hybridized carbons (Fsp3) is 0.500.